The minimum atomic E-state index is 0.445. The molecule has 150 valence electrons. The lowest BCUT2D eigenvalue weighted by atomic mass is 10.0. The first-order valence-corrected chi connectivity index (χ1v) is 11.0. The summed E-state index contributed by atoms with van der Waals surface area (Å²) in [6.45, 7) is 4.00. The van der Waals surface area contributed by atoms with Crippen LogP contribution < -0.4 is 0 Å². The predicted molar refractivity (Wildman–Crippen MR) is 127 cm³/mol. The Kier molecular flexibility index (Phi) is 5.93. The SMILES string of the molecule is CC.Cn1ccnc1-c1nc(Cl)c2c(-c3ccccc3)c(-c3ccccc3)sc2n1. The molecule has 0 atom stereocenters. The van der Waals surface area contributed by atoms with Gasteiger partial charge >= 0.3 is 0 Å². The number of benzene rings is 2. The molecular weight excluding hydrogens is 412 g/mol. The summed E-state index contributed by atoms with van der Waals surface area (Å²) in [7, 11) is 1.92. The Hall–Kier alpha value is -3.02. The van der Waals surface area contributed by atoms with Crippen molar-refractivity contribution in [2.75, 3.05) is 0 Å². The molecule has 0 N–H and O–H groups in total. The van der Waals surface area contributed by atoms with Crippen molar-refractivity contribution in [2.45, 2.75) is 13.8 Å². The molecule has 30 heavy (non-hydrogen) atoms. The molecule has 0 saturated heterocycles. The largest absolute Gasteiger partial charge is 0.331 e. The van der Waals surface area contributed by atoms with Gasteiger partial charge in [0.05, 0.1) is 5.39 Å². The van der Waals surface area contributed by atoms with E-state index < -0.39 is 0 Å². The molecule has 0 saturated carbocycles. The number of nitrogens with zero attached hydrogens (tertiary/aromatic N) is 4. The highest BCUT2D eigenvalue weighted by atomic mass is 35.5. The van der Waals surface area contributed by atoms with Crippen molar-refractivity contribution in [3.8, 4) is 33.2 Å². The maximum absolute atomic E-state index is 6.71. The molecule has 0 aliphatic rings. The smallest absolute Gasteiger partial charge is 0.198 e. The number of fused-ring (bicyclic) bond motifs is 1. The Morgan fingerprint density at radius 1 is 0.867 bits per heavy atom. The van der Waals surface area contributed by atoms with E-state index in [0.29, 0.717) is 16.8 Å². The molecule has 2 aromatic carbocycles. The van der Waals surface area contributed by atoms with Crippen LogP contribution in [0.25, 0.3) is 43.4 Å². The minimum absolute atomic E-state index is 0.445. The third-order valence-electron chi connectivity index (χ3n) is 4.63. The number of aryl methyl sites for hydroxylation is 1. The van der Waals surface area contributed by atoms with Crippen LogP contribution in [0, 0.1) is 0 Å². The van der Waals surface area contributed by atoms with Crippen LogP contribution in [-0.4, -0.2) is 19.5 Å². The number of hydrogen-bond donors (Lipinski definition) is 0. The molecule has 3 heterocycles. The Morgan fingerprint density at radius 2 is 1.50 bits per heavy atom. The summed E-state index contributed by atoms with van der Waals surface area (Å²) in [5, 5.41) is 1.33. The van der Waals surface area contributed by atoms with E-state index in [9.17, 15) is 0 Å². The molecule has 4 nitrogen and oxygen atoms in total. The highest BCUT2D eigenvalue weighted by molar-refractivity contribution is 7.22. The molecule has 0 amide bonds. The number of hydrogen-bond acceptors (Lipinski definition) is 4. The van der Waals surface area contributed by atoms with Gasteiger partial charge in [-0.2, -0.15) is 0 Å². The van der Waals surface area contributed by atoms with Gasteiger partial charge in [0.2, 0.25) is 0 Å². The second-order valence-corrected chi connectivity index (χ2v) is 7.78. The first-order chi connectivity index (χ1) is 14.7. The maximum Gasteiger partial charge on any atom is 0.198 e. The monoisotopic (exact) mass is 432 g/mol. The highest BCUT2D eigenvalue weighted by Crippen LogP contribution is 2.46. The molecule has 0 aliphatic heterocycles. The summed E-state index contributed by atoms with van der Waals surface area (Å²) < 4.78 is 1.89. The zero-order chi connectivity index (χ0) is 21.1. The normalized spacial score (nSPS) is 10.7. The van der Waals surface area contributed by atoms with E-state index in [1.54, 1.807) is 17.5 Å². The molecule has 0 fully saturated rings. The first-order valence-electron chi connectivity index (χ1n) is 9.81. The van der Waals surface area contributed by atoms with Gasteiger partial charge in [-0.05, 0) is 11.1 Å². The quantitative estimate of drug-likeness (QED) is 0.285. The summed E-state index contributed by atoms with van der Waals surface area (Å²) in [5.41, 5.74) is 3.31. The van der Waals surface area contributed by atoms with Crippen molar-refractivity contribution in [1.29, 1.82) is 0 Å². The third kappa shape index (κ3) is 3.62. The van der Waals surface area contributed by atoms with Crippen LogP contribution >= 0.6 is 22.9 Å². The average molecular weight is 433 g/mol. The zero-order valence-electron chi connectivity index (χ0n) is 17.0. The van der Waals surface area contributed by atoms with Crippen molar-refractivity contribution < 1.29 is 0 Å². The third-order valence-corrected chi connectivity index (χ3v) is 6.03. The standard InChI is InChI=1S/C22H15ClN4S.C2H6/c1-27-13-12-24-21(27)20-25-19(23)17-16(14-8-4-2-5-9-14)18(28-22(17)26-20)15-10-6-3-7-11-15;1-2/h2-13H,1H3;1-2H3. The Balaban J connectivity index is 0.00000106. The van der Waals surface area contributed by atoms with Crippen LogP contribution in [-0.2, 0) is 7.05 Å². The van der Waals surface area contributed by atoms with E-state index in [1.165, 1.54) is 0 Å². The first kappa shape index (κ1) is 20.3. The van der Waals surface area contributed by atoms with E-state index in [2.05, 4.69) is 34.2 Å². The Labute approximate surface area is 184 Å². The van der Waals surface area contributed by atoms with Gasteiger partial charge in [-0.3, -0.25) is 0 Å². The second-order valence-electron chi connectivity index (χ2n) is 6.42. The fourth-order valence-corrected chi connectivity index (χ4v) is 4.84. The van der Waals surface area contributed by atoms with Gasteiger partial charge < -0.3 is 4.57 Å². The van der Waals surface area contributed by atoms with Crippen molar-refractivity contribution in [1.82, 2.24) is 19.5 Å². The fraction of sp³-hybridized carbons (Fsp3) is 0.125. The summed E-state index contributed by atoms with van der Waals surface area (Å²) >= 11 is 8.34. The Bertz CT molecular complexity index is 1280. The number of aromatic nitrogens is 4. The number of halogens is 1. The van der Waals surface area contributed by atoms with E-state index in [1.807, 2.05) is 68.1 Å². The summed E-state index contributed by atoms with van der Waals surface area (Å²) in [4.78, 5) is 15.7. The summed E-state index contributed by atoms with van der Waals surface area (Å²) in [6, 6.07) is 20.6. The van der Waals surface area contributed by atoms with Crippen molar-refractivity contribution in [2.24, 2.45) is 7.05 Å². The average Bonchev–Trinajstić information content (AvgIpc) is 3.40. The predicted octanol–water partition coefficient (Wildman–Crippen LogP) is 7.11. The molecule has 6 heteroatoms. The van der Waals surface area contributed by atoms with Gasteiger partial charge in [0, 0.05) is 29.9 Å². The lowest BCUT2D eigenvalue weighted by molar-refractivity contribution is 0.909. The number of thiophene rings is 1. The number of rotatable bonds is 3. The molecule has 5 rings (SSSR count). The van der Waals surface area contributed by atoms with Crippen molar-refractivity contribution in [3.05, 3.63) is 78.2 Å². The van der Waals surface area contributed by atoms with Crippen LogP contribution in [0.5, 0.6) is 0 Å². The lowest BCUT2D eigenvalue weighted by Crippen LogP contribution is -1.97. The topological polar surface area (TPSA) is 43.6 Å². The molecule has 3 aromatic heterocycles. The minimum Gasteiger partial charge on any atom is -0.331 e. The van der Waals surface area contributed by atoms with Crippen molar-refractivity contribution >= 4 is 33.2 Å². The van der Waals surface area contributed by atoms with Crippen molar-refractivity contribution in [3.63, 3.8) is 0 Å². The molecule has 0 spiro atoms. The van der Waals surface area contributed by atoms with Crippen LogP contribution in [0.3, 0.4) is 0 Å². The molecule has 0 unspecified atom stereocenters. The molecule has 0 radical (unpaired) electrons. The maximum atomic E-state index is 6.71. The van der Waals surface area contributed by atoms with Crippen LogP contribution in [0.15, 0.2) is 73.1 Å². The summed E-state index contributed by atoms with van der Waals surface area (Å²) in [6.07, 6.45) is 3.60. The van der Waals surface area contributed by atoms with Crippen LogP contribution in [0.2, 0.25) is 5.15 Å². The Morgan fingerprint density at radius 3 is 2.10 bits per heavy atom. The van der Waals surface area contributed by atoms with Crippen LogP contribution in [0.1, 0.15) is 13.8 Å². The van der Waals surface area contributed by atoms with Gasteiger partial charge in [-0.15, -0.1) is 11.3 Å². The lowest BCUT2D eigenvalue weighted by Gasteiger charge is -2.06. The fourth-order valence-electron chi connectivity index (χ4n) is 3.31. The van der Waals surface area contributed by atoms with Gasteiger partial charge in [-0.1, -0.05) is 86.1 Å². The molecule has 5 aromatic rings. The van der Waals surface area contributed by atoms with E-state index in [0.717, 1.165) is 31.8 Å². The molecule has 0 aliphatic carbocycles. The van der Waals surface area contributed by atoms with E-state index in [-0.39, 0.29) is 0 Å². The van der Waals surface area contributed by atoms with Gasteiger partial charge in [0.25, 0.3) is 0 Å². The molecule has 0 bridgehead atoms. The van der Waals surface area contributed by atoms with E-state index >= 15 is 0 Å². The van der Waals surface area contributed by atoms with E-state index in [4.69, 9.17) is 16.6 Å². The van der Waals surface area contributed by atoms with Crippen LogP contribution in [0.4, 0.5) is 0 Å². The second kappa shape index (κ2) is 8.78. The van der Waals surface area contributed by atoms with Gasteiger partial charge in [0.15, 0.2) is 11.6 Å². The highest BCUT2D eigenvalue weighted by Gasteiger charge is 2.21. The number of imidazole rings is 1. The van der Waals surface area contributed by atoms with Gasteiger partial charge in [0.1, 0.15) is 9.98 Å². The summed E-state index contributed by atoms with van der Waals surface area (Å²) in [5.74, 6) is 1.23. The zero-order valence-corrected chi connectivity index (χ0v) is 18.6. The van der Waals surface area contributed by atoms with Gasteiger partial charge in [-0.25, -0.2) is 15.0 Å². The molecular formula is C24H21ClN4S.